The predicted molar refractivity (Wildman–Crippen MR) is 107 cm³/mol. The molecule has 0 amide bonds. The monoisotopic (exact) mass is 366 g/mol. The Morgan fingerprint density at radius 1 is 1.15 bits per heavy atom. The summed E-state index contributed by atoms with van der Waals surface area (Å²) >= 11 is 0. The molecule has 0 radical (unpaired) electrons. The van der Waals surface area contributed by atoms with Crippen molar-refractivity contribution >= 4 is 17.3 Å². The number of anilines is 2. The van der Waals surface area contributed by atoms with Crippen LogP contribution in [-0.4, -0.2) is 42.6 Å². The summed E-state index contributed by atoms with van der Waals surface area (Å²) in [6.07, 6.45) is 9.00. The summed E-state index contributed by atoms with van der Waals surface area (Å²) in [5.41, 5.74) is 3.65. The van der Waals surface area contributed by atoms with E-state index in [9.17, 15) is 5.11 Å². The standard InChI is InChI=1S/C20H26N6O/c1-13(2)23-17-4-3-11-26-18(12-22-19(17)26)16-9-10-21-20(25-16)24-14-5-7-15(27)8-6-14/h3-4,9-15,23,27H,5-8H2,1-2H3,(H,21,24,25). The third-order valence-electron chi connectivity index (χ3n) is 4.93. The minimum absolute atomic E-state index is 0.165. The number of aromatic nitrogens is 4. The molecular weight excluding hydrogens is 340 g/mol. The smallest absolute Gasteiger partial charge is 0.223 e. The number of fused-ring (bicyclic) bond motifs is 1. The molecule has 3 aromatic heterocycles. The van der Waals surface area contributed by atoms with Crippen LogP contribution in [0.5, 0.6) is 0 Å². The van der Waals surface area contributed by atoms with Gasteiger partial charge < -0.3 is 15.7 Å². The van der Waals surface area contributed by atoms with Crippen LogP contribution in [0.4, 0.5) is 11.6 Å². The molecule has 0 unspecified atom stereocenters. The maximum Gasteiger partial charge on any atom is 0.223 e. The topological polar surface area (TPSA) is 87.4 Å². The maximum absolute atomic E-state index is 9.67. The molecule has 0 saturated heterocycles. The molecular formula is C20H26N6O. The van der Waals surface area contributed by atoms with E-state index in [0.29, 0.717) is 18.0 Å². The normalized spacial score (nSPS) is 20.1. The molecule has 7 nitrogen and oxygen atoms in total. The van der Waals surface area contributed by atoms with Crippen LogP contribution >= 0.6 is 0 Å². The Balaban J connectivity index is 1.60. The van der Waals surface area contributed by atoms with Crippen molar-refractivity contribution in [2.75, 3.05) is 10.6 Å². The fourth-order valence-electron chi connectivity index (χ4n) is 3.60. The molecule has 0 atom stereocenters. The fourth-order valence-corrected chi connectivity index (χ4v) is 3.60. The number of imidazole rings is 1. The predicted octanol–water partition coefficient (Wildman–Crippen LogP) is 3.33. The van der Waals surface area contributed by atoms with E-state index in [-0.39, 0.29) is 6.10 Å². The van der Waals surface area contributed by atoms with Gasteiger partial charge in [-0.1, -0.05) is 0 Å². The van der Waals surface area contributed by atoms with Gasteiger partial charge in [0.15, 0.2) is 5.65 Å². The average Bonchev–Trinajstić information content (AvgIpc) is 3.09. The first-order valence-corrected chi connectivity index (χ1v) is 9.61. The van der Waals surface area contributed by atoms with Crippen LogP contribution in [0.1, 0.15) is 39.5 Å². The summed E-state index contributed by atoms with van der Waals surface area (Å²) in [4.78, 5) is 13.7. The Morgan fingerprint density at radius 3 is 2.74 bits per heavy atom. The first-order chi connectivity index (χ1) is 13.1. The lowest BCUT2D eigenvalue weighted by Gasteiger charge is -2.26. The minimum atomic E-state index is -0.165. The number of aliphatic hydroxyl groups excluding tert-OH is 1. The Hall–Kier alpha value is -2.67. The summed E-state index contributed by atoms with van der Waals surface area (Å²) in [6.45, 7) is 4.22. The van der Waals surface area contributed by atoms with Gasteiger partial charge in [-0.2, -0.15) is 0 Å². The molecule has 3 N–H and O–H groups in total. The Bertz CT molecular complexity index is 914. The number of nitrogens with one attached hydrogen (secondary N) is 2. The third kappa shape index (κ3) is 3.88. The molecule has 0 bridgehead atoms. The molecule has 1 aliphatic rings. The van der Waals surface area contributed by atoms with E-state index in [1.165, 1.54) is 0 Å². The van der Waals surface area contributed by atoms with Crippen molar-refractivity contribution in [1.29, 1.82) is 0 Å². The summed E-state index contributed by atoms with van der Waals surface area (Å²) in [5.74, 6) is 0.625. The molecule has 3 heterocycles. The van der Waals surface area contributed by atoms with E-state index in [1.54, 1.807) is 6.20 Å². The first kappa shape index (κ1) is 17.7. The molecule has 7 heteroatoms. The van der Waals surface area contributed by atoms with Crippen LogP contribution in [0.3, 0.4) is 0 Å². The number of rotatable bonds is 5. The quantitative estimate of drug-likeness (QED) is 0.642. The summed E-state index contributed by atoms with van der Waals surface area (Å²) < 4.78 is 2.05. The fraction of sp³-hybridized carbons (Fsp3) is 0.450. The molecule has 4 rings (SSSR count). The highest BCUT2D eigenvalue weighted by Crippen LogP contribution is 2.25. The van der Waals surface area contributed by atoms with E-state index in [0.717, 1.165) is 48.4 Å². The second-order valence-electron chi connectivity index (χ2n) is 7.47. The van der Waals surface area contributed by atoms with Crippen molar-refractivity contribution in [2.45, 2.75) is 57.7 Å². The van der Waals surface area contributed by atoms with E-state index >= 15 is 0 Å². The highest BCUT2D eigenvalue weighted by Gasteiger charge is 2.20. The van der Waals surface area contributed by atoms with Crippen LogP contribution in [-0.2, 0) is 0 Å². The Morgan fingerprint density at radius 2 is 1.96 bits per heavy atom. The van der Waals surface area contributed by atoms with Gasteiger partial charge in [-0.05, 0) is 57.7 Å². The number of aliphatic hydroxyl groups is 1. The van der Waals surface area contributed by atoms with Gasteiger partial charge in [0.1, 0.15) is 0 Å². The van der Waals surface area contributed by atoms with E-state index in [4.69, 9.17) is 4.98 Å². The lowest BCUT2D eigenvalue weighted by molar-refractivity contribution is 0.126. The number of hydrogen-bond acceptors (Lipinski definition) is 6. The first-order valence-electron chi connectivity index (χ1n) is 9.61. The summed E-state index contributed by atoms with van der Waals surface area (Å²) in [6, 6.07) is 6.60. The van der Waals surface area contributed by atoms with Gasteiger partial charge in [-0.25, -0.2) is 15.0 Å². The second-order valence-corrected chi connectivity index (χ2v) is 7.47. The van der Waals surface area contributed by atoms with Gasteiger partial charge in [0.05, 0.1) is 29.4 Å². The van der Waals surface area contributed by atoms with Crippen LogP contribution in [0.15, 0.2) is 36.8 Å². The SMILES string of the molecule is CC(C)Nc1cccn2c(-c3ccnc(NC4CCC(O)CC4)n3)cnc12. The van der Waals surface area contributed by atoms with Gasteiger partial charge >= 0.3 is 0 Å². The molecule has 1 fully saturated rings. The van der Waals surface area contributed by atoms with E-state index in [2.05, 4.69) is 34.4 Å². The molecule has 3 aromatic rings. The molecule has 142 valence electrons. The third-order valence-corrected chi connectivity index (χ3v) is 4.93. The van der Waals surface area contributed by atoms with Gasteiger partial charge in [-0.3, -0.25) is 4.40 Å². The molecule has 1 aliphatic carbocycles. The van der Waals surface area contributed by atoms with Crippen molar-refractivity contribution in [3.8, 4) is 11.4 Å². The van der Waals surface area contributed by atoms with Crippen LogP contribution in [0, 0.1) is 0 Å². The van der Waals surface area contributed by atoms with Crippen LogP contribution < -0.4 is 10.6 Å². The lowest BCUT2D eigenvalue weighted by Crippen LogP contribution is -2.28. The van der Waals surface area contributed by atoms with E-state index in [1.807, 2.05) is 35.0 Å². The summed E-state index contributed by atoms with van der Waals surface area (Å²) in [7, 11) is 0. The van der Waals surface area contributed by atoms with Gasteiger partial charge in [0.25, 0.3) is 0 Å². The van der Waals surface area contributed by atoms with E-state index < -0.39 is 0 Å². The molecule has 1 saturated carbocycles. The molecule has 0 aromatic carbocycles. The second kappa shape index (κ2) is 7.52. The van der Waals surface area contributed by atoms with Crippen molar-refractivity contribution < 1.29 is 5.11 Å². The lowest BCUT2D eigenvalue weighted by atomic mass is 9.93. The zero-order chi connectivity index (χ0) is 18.8. The Labute approximate surface area is 158 Å². The largest absolute Gasteiger partial charge is 0.393 e. The van der Waals surface area contributed by atoms with Crippen molar-refractivity contribution in [3.05, 3.63) is 36.8 Å². The highest BCUT2D eigenvalue weighted by atomic mass is 16.3. The number of nitrogens with zero attached hydrogens (tertiary/aromatic N) is 4. The molecule has 0 spiro atoms. The zero-order valence-electron chi connectivity index (χ0n) is 15.8. The number of hydrogen-bond donors (Lipinski definition) is 3. The van der Waals surface area contributed by atoms with Crippen molar-refractivity contribution in [2.24, 2.45) is 0 Å². The maximum atomic E-state index is 9.67. The van der Waals surface area contributed by atoms with Gasteiger partial charge in [0.2, 0.25) is 5.95 Å². The van der Waals surface area contributed by atoms with Gasteiger partial charge in [-0.15, -0.1) is 0 Å². The van der Waals surface area contributed by atoms with Gasteiger partial charge in [0, 0.05) is 24.5 Å². The van der Waals surface area contributed by atoms with Crippen molar-refractivity contribution in [3.63, 3.8) is 0 Å². The Kier molecular flexibility index (Phi) is 4.94. The zero-order valence-corrected chi connectivity index (χ0v) is 15.8. The number of pyridine rings is 1. The minimum Gasteiger partial charge on any atom is -0.393 e. The molecule has 0 aliphatic heterocycles. The van der Waals surface area contributed by atoms with Crippen LogP contribution in [0.25, 0.3) is 17.0 Å². The highest BCUT2D eigenvalue weighted by molar-refractivity contribution is 5.72. The summed E-state index contributed by atoms with van der Waals surface area (Å²) in [5, 5.41) is 16.5. The molecule has 27 heavy (non-hydrogen) atoms. The average molecular weight is 366 g/mol. The van der Waals surface area contributed by atoms with Crippen LogP contribution in [0.2, 0.25) is 0 Å². The van der Waals surface area contributed by atoms with Crippen molar-refractivity contribution in [1.82, 2.24) is 19.4 Å².